The quantitative estimate of drug-likeness (QED) is 0.873. The van der Waals surface area contributed by atoms with Crippen LogP contribution in [0, 0.1) is 6.92 Å². The molecule has 25 heavy (non-hydrogen) atoms. The third-order valence-corrected chi connectivity index (χ3v) is 5.20. The van der Waals surface area contributed by atoms with Crippen LogP contribution >= 0.6 is 11.3 Å². The fraction of sp³-hybridized carbons (Fsp3) is 0.471. The zero-order valence-electron chi connectivity index (χ0n) is 14.2. The average molecular weight is 364 g/mol. The van der Waals surface area contributed by atoms with E-state index in [0.29, 0.717) is 31.6 Å². The number of hydrogen-bond acceptors (Lipinski definition) is 5. The van der Waals surface area contributed by atoms with E-state index in [1.807, 2.05) is 17.2 Å². The number of amides is 1. The number of halogens is 1. The summed E-state index contributed by atoms with van der Waals surface area (Å²) in [5.41, 5.74) is 1.01. The van der Waals surface area contributed by atoms with Crippen LogP contribution in [-0.4, -0.2) is 45.7 Å². The number of aryl methyl sites for hydroxylation is 2. The van der Waals surface area contributed by atoms with Crippen molar-refractivity contribution in [2.75, 3.05) is 13.1 Å². The van der Waals surface area contributed by atoms with Crippen LogP contribution in [0.2, 0.25) is 0 Å². The molecule has 2 atom stereocenters. The van der Waals surface area contributed by atoms with Crippen LogP contribution in [0.1, 0.15) is 27.5 Å². The molecule has 0 bridgehead atoms. The normalized spacial score (nSPS) is 20.8. The van der Waals surface area contributed by atoms with E-state index < -0.39 is 6.17 Å². The van der Waals surface area contributed by atoms with E-state index in [4.69, 9.17) is 0 Å². The van der Waals surface area contributed by atoms with Crippen molar-refractivity contribution in [1.82, 2.24) is 19.8 Å². The van der Waals surface area contributed by atoms with Gasteiger partial charge in [0, 0.05) is 55.9 Å². The zero-order valence-corrected chi connectivity index (χ0v) is 15.1. The first-order valence-electron chi connectivity index (χ1n) is 8.16. The van der Waals surface area contributed by atoms with Crippen LogP contribution in [-0.2, 0) is 13.6 Å². The Balaban J connectivity index is 1.61. The standard InChI is InChI=1S/C17H21FN4O2S/c1-11-20-14(10-25-11)9-22-8-13(18)6-15(22)7-19-17(24)12-3-4-21(2)16(23)5-12/h3-5,10,13,15H,6-9H2,1-2H3,(H,19,24)/t13-,15-/m0/s1. The molecule has 2 aromatic heterocycles. The van der Waals surface area contributed by atoms with Crippen molar-refractivity contribution in [3.63, 3.8) is 0 Å². The first kappa shape index (κ1) is 17.8. The summed E-state index contributed by atoms with van der Waals surface area (Å²) in [6, 6.07) is 2.82. The van der Waals surface area contributed by atoms with Crippen molar-refractivity contribution in [1.29, 1.82) is 0 Å². The number of hydrogen-bond donors (Lipinski definition) is 1. The number of pyridine rings is 1. The Hall–Kier alpha value is -2.06. The summed E-state index contributed by atoms with van der Waals surface area (Å²) in [5.74, 6) is -0.315. The third kappa shape index (κ3) is 4.32. The van der Waals surface area contributed by atoms with Gasteiger partial charge in [0.25, 0.3) is 11.5 Å². The van der Waals surface area contributed by atoms with Crippen molar-refractivity contribution < 1.29 is 9.18 Å². The molecule has 1 fully saturated rings. The summed E-state index contributed by atoms with van der Waals surface area (Å²) >= 11 is 1.57. The molecule has 1 N–H and O–H groups in total. The van der Waals surface area contributed by atoms with Crippen molar-refractivity contribution >= 4 is 17.2 Å². The molecular weight excluding hydrogens is 343 g/mol. The molecule has 0 spiro atoms. The first-order chi connectivity index (χ1) is 11.9. The molecule has 134 valence electrons. The maximum atomic E-state index is 13.9. The number of nitrogens with zero attached hydrogens (tertiary/aromatic N) is 3. The van der Waals surface area contributed by atoms with E-state index >= 15 is 0 Å². The predicted octanol–water partition coefficient (Wildman–Crippen LogP) is 1.49. The molecule has 3 rings (SSSR count). The van der Waals surface area contributed by atoms with Crippen LogP contribution in [0.15, 0.2) is 28.5 Å². The Morgan fingerprint density at radius 2 is 2.32 bits per heavy atom. The number of carbonyl (C=O) groups excluding carboxylic acids is 1. The van der Waals surface area contributed by atoms with Gasteiger partial charge < -0.3 is 9.88 Å². The number of aromatic nitrogens is 2. The number of carbonyl (C=O) groups is 1. The van der Waals surface area contributed by atoms with Gasteiger partial charge in [-0.15, -0.1) is 11.3 Å². The molecule has 1 saturated heterocycles. The Morgan fingerprint density at radius 3 is 3.00 bits per heavy atom. The summed E-state index contributed by atoms with van der Waals surface area (Å²) in [6.45, 7) is 3.22. The second-order valence-electron chi connectivity index (χ2n) is 6.35. The van der Waals surface area contributed by atoms with Gasteiger partial charge in [0.15, 0.2) is 0 Å². The highest BCUT2D eigenvalue weighted by atomic mass is 32.1. The van der Waals surface area contributed by atoms with Gasteiger partial charge in [-0.1, -0.05) is 0 Å². The monoisotopic (exact) mass is 364 g/mol. The number of nitrogens with one attached hydrogen (secondary N) is 1. The minimum Gasteiger partial charge on any atom is -0.350 e. The highest BCUT2D eigenvalue weighted by Crippen LogP contribution is 2.23. The smallest absolute Gasteiger partial charge is 0.251 e. The summed E-state index contributed by atoms with van der Waals surface area (Å²) < 4.78 is 15.3. The van der Waals surface area contributed by atoms with E-state index in [2.05, 4.69) is 10.3 Å². The number of likely N-dealkylation sites (tertiary alicyclic amines) is 1. The lowest BCUT2D eigenvalue weighted by Gasteiger charge is -2.23. The fourth-order valence-electron chi connectivity index (χ4n) is 3.02. The Morgan fingerprint density at radius 1 is 1.52 bits per heavy atom. The van der Waals surface area contributed by atoms with Crippen molar-refractivity contribution in [3.05, 3.63) is 50.3 Å². The van der Waals surface area contributed by atoms with E-state index in [1.54, 1.807) is 30.6 Å². The molecule has 1 aliphatic rings. The van der Waals surface area contributed by atoms with Crippen LogP contribution in [0.4, 0.5) is 4.39 Å². The SMILES string of the molecule is Cc1nc(CN2C[C@@H](F)C[C@H]2CNC(=O)c2ccn(C)c(=O)c2)cs1. The van der Waals surface area contributed by atoms with E-state index in [-0.39, 0.29) is 17.5 Å². The fourth-order valence-corrected chi connectivity index (χ4v) is 3.62. The van der Waals surface area contributed by atoms with Gasteiger partial charge >= 0.3 is 0 Å². The molecule has 8 heteroatoms. The van der Waals surface area contributed by atoms with Crippen LogP contribution in [0.3, 0.4) is 0 Å². The average Bonchev–Trinajstić information content (AvgIpc) is 3.13. The molecule has 0 radical (unpaired) electrons. The topological polar surface area (TPSA) is 67.2 Å². The van der Waals surface area contributed by atoms with Gasteiger partial charge in [-0.05, 0) is 19.4 Å². The molecule has 2 aromatic rings. The third-order valence-electron chi connectivity index (χ3n) is 4.37. The predicted molar refractivity (Wildman–Crippen MR) is 94.6 cm³/mol. The lowest BCUT2D eigenvalue weighted by Crippen LogP contribution is -2.40. The van der Waals surface area contributed by atoms with Crippen molar-refractivity contribution in [2.24, 2.45) is 7.05 Å². The minimum atomic E-state index is -0.898. The Kier molecular flexibility index (Phi) is 5.29. The van der Waals surface area contributed by atoms with Gasteiger partial charge in [0.05, 0.1) is 10.7 Å². The maximum Gasteiger partial charge on any atom is 0.251 e. The maximum absolute atomic E-state index is 13.9. The second-order valence-corrected chi connectivity index (χ2v) is 7.41. The number of rotatable bonds is 5. The first-order valence-corrected chi connectivity index (χ1v) is 9.04. The molecule has 1 amide bonds. The highest BCUT2D eigenvalue weighted by Gasteiger charge is 2.32. The van der Waals surface area contributed by atoms with Gasteiger partial charge in [0.1, 0.15) is 6.17 Å². The van der Waals surface area contributed by atoms with Crippen LogP contribution in [0.25, 0.3) is 0 Å². The van der Waals surface area contributed by atoms with Gasteiger partial charge in [-0.3, -0.25) is 14.5 Å². The second kappa shape index (κ2) is 7.45. The van der Waals surface area contributed by atoms with Crippen molar-refractivity contribution in [3.8, 4) is 0 Å². The van der Waals surface area contributed by atoms with Gasteiger partial charge in [-0.25, -0.2) is 9.37 Å². The molecular formula is C17H21FN4O2S. The minimum absolute atomic E-state index is 0.0764. The van der Waals surface area contributed by atoms with Crippen LogP contribution in [0.5, 0.6) is 0 Å². The summed E-state index contributed by atoms with van der Waals surface area (Å²) in [6.07, 6.45) is 1.05. The van der Waals surface area contributed by atoms with E-state index in [9.17, 15) is 14.0 Å². The zero-order chi connectivity index (χ0) is 18.0. The molecule has 0 aromatic carbocycles. The lowest BCUT2D eigenvalue weighted by atomic mass is 10.2. The van der Waals surface area contributed by atoms with E-state index in [1.165, 1.54) is 10.6 Å². The molecule has 1 aliphatic heterocycles. The lowest BCUT2D eigenvalue weighted by molar-refractivity contribution is 0.0939. The summed E-state index contributed by atoms with van der Waals surface area (Å²) in [5, 5.41) is 5.79. The number of alkyl halides is 1. The number of thiazole rings is 1. The molecule has 3 heterocycles. The Labute approximate surface area is 149 Å². The van der Waals surface area contributed by atoms with Crippen molar-refractivity contribution in [2.45, 2.75) is 32.1 Å². The summed E-state index contributed by atoms with van der Waals surface area (Å²) in [4.78, 5) is 30.3. The molecule has 0 unspecified atom stereocenters. The molecule has 0 aliphatic carbocycles. The molecule has 0 saturated carbocycles. The van der Waals surface area contributed by atoms with Gasteiger partial charge in [-0.2, -0.15) is 0 Å². The van der Waals surface area contributed by atoms with Crippen LogP contribution < -0.4 is 10.9 Å². The van der Waals surface area contributed by atoms with E-state index in [0.717, 1.165) is 10.7 Å². The molecule has 6 nitrogen and oxygen atoms in total. The summed E-state index contributed by atoms with van der Waals surface area (Å²) in [7, 11) is 1.63. The van der Waals surface area contributed by atoms with Gasteiger partial charge in [0.2, 0.25) is 0 Å². The largest absolute Gasteiger partial charge is 0.350 e. The Bertz CT molecular complexity index is 819. The highest BCUT2D eigenvalue weighted by molar-refractivity contribution is 7.09.